The zero-order valence-electron chi connectivity index (χ0n) is 9.38. The molecule has 0 atom stereocenters. The third kappa shape index (κ3) is 5.02. The maximum absolute atomic E-state index is 5.60. The van der Waals surface area contributed by atoms with Crippen LogP contribution < -0.4 is 0 Å². The fraction of sp³-hybridized carbons (Fsp3) is 0.833. The number of nitrogens with zero attached hydrogens (tertiary/aromatic N) is 1. The highest BCUT2D eigenvalue weighted by atomic mass is 35.5. The van der Waals surface area contributed by atoms with Crippen LogP contribution in [0, 0.1) is 5.92 Å². The molecule has 0 unspecified atom stereocenters. The summed E-state index contributed by atoms with van der Waals surface area (Å²) in [6, 6.07) is 0.869. The monoisotopic (exact) mass is 215 g/mol. The first-order valence-corrected chi connectivity index (χ1v) is 6.22. The summed E-state index contributed by atoms with van der Waals surface area (Å²) in [6.07, 6.45) is 8.35. The number of allylic oxidation sites excluding steroid dienone is 1. The Morgan fingerprint density at radius 1 is 1.36 bits per heavy atom. The molecule has 0 aromatic rings. The molecule has 1 nitrogen and oxygen atoms in total. The fourth-order valence-electron chi connectivity index (χ4n) is 1.56. The van der Waals surface area contributed by atoms with Crippen LogP contribution in [-0.4, -0.2) is 29.9 Å². The average molecular weight is 216 g/mol. The van der Waals surface area contributed by atoms with Gasteiger partial charge in [0.1, 0.15) is 0 Å². The number of rotatable bonds is 7. The van der Waals surface area contributed by atoms with Crippen LogP contribution in [0.25, 0.3) is 0 Å². The van der Waals surface area contributed by atoms with E-state index in [2.05, 4.69) is 24.8 Å². The molecule has 82 valence electrons. The summed E-state index contributed by atoms with van der Waals surface area (Å²) < 4.78 is 0. The van der Waals surface area contributed by atoms with Crippen LogP contribution in [-0.2, 0) is 0 Å². The third-order valence-corrected chi connectivity index (χ3v) is 2.83. The van der Waals surface area contributed by atoms with Crippen molar-refractivity contribution < 1.29 is 0 Å². The molecule has 0 N–H and O–H groups in total. The van der Waals surface area contributed by atoms with Crippen molar-refractivity contribution in [3.05, 3.63) is 12.2 Å². The van der Waals surface area contributed by atoms with Crippen LogP contribution >= 0.6 is 11.6 Å². The zero-order chi connectivity index (χ0) is 10.4. The van der Waals surface area contributed by atoms with Crippen LogP contribution in [0.2, 0.25) is 0 Å². The highest BCUT2D eigenvalue weighted by Gasteiger charge is 2.27. The molecule has 0 spiro atoms. The standard InChI is InChI=1S/C12H22ClN/c1-11(2)7-10-14(12-5-6-12)9-4-3-8-13/h3-4,11-12H,5-10H2,1-2H3/b4-3+. The quantitative estimate of drug-likeness (QED) is 0.466. The van der Waals surface area contributed by atoms with Gasteiger partial charge in [-0.25, -0.2) is 0 Å². The van der Waals surface area contributed by atoms with Gasteiger partial charge in [-0.05, 0) is 31.7 Å². The van der Waals surface area contributed by atoms with Crippen LogP contribution in [0.5, 0.6) is 0 Å². The summed E-state index contributed by atoms with van der Waals surface area (Å²) in [6.45, 7) is 6.92. The van der Waals surface area contributed by atoms with E-state index < -0.39 is 0 Å². The third-order valence-electron chi connectivity index (χ3n) is 2.65. The van der Waals surface area contributed by atoms with E-state index in [4.69, 9.17) is 11.6 Å². The molecule has 0 radical (unpaired) electrons. The zero-order valence-corrected chi connectivity index (χ0v) is 10.1. The summed E-state index contributed by atoms with van der Waals surface area (Å²) in [4.78, 5) is 2.59. The average Bonchev–Trinajstić information content (AvgIpc) is 2.94. The van der Waals surface area contributed by atoms with Gasteiger partial charge in [0.25, 0.3) is 0 Å². The molecule has 1 fully saturated rings. The number of hydrogen-bond acceptors (Lipinski definition) is 1. The van der Waals surface area contributed by atoms with Gasteiger partial charge in [0.15, 0.2) is 0 Å². The normalized spacial score (nSPS) is 17.5. The molecule has 0 aliphatic heterocycles. The maximum atomic E-state index is 5.60. The van der Waals surface area contributed by atoms with E-state index in [9.17, 15) is 0 Å². The van der Waals surface area contributed by atoms with E-state index in [0.717, 1.165) is 18.5 Å². The summed E-state index contributed by atoms with van der Waals surface area (Å²) in [7, 11) is 0. The lowest BCUT2D eigenvalue weighted by atomic mass is 10.1. The Morgan fingerprint density at radius 3 is 2.57 bits per heavy atom. The Hall–Kier alpha value is -0.0100. The molecule has 0 bridgehead atoms. The van der Waals surface area contributed by atoms with Gasteiger partial charge in [-0.1, -0.05) is 26.0 Å². The van der Waals surface area contributed by atoms with E-state index in [0.29, 0.717) is 5.88 Å². The summed E-state index contributed by atoms with van der Waals surface area (Å²) in [5.74, 6) is 1.45. The lowest BCUT2D eigenvalue weighted by molar-refractivity contribution is 0.273. The van der Waals surface area contributed by atoms with Crippen molar-refractivity contribution in [2.75, 3.05) is 19.0 Å². The first-order chi connectivity index (χ1) is 6.74. The predicted molar refractivity (Wildman–Crippen MR) is 63.9 cm³/mol. The van der Waals surface area contributed by atoms with Gasteiger partial charge in [-0.3, -0.25) is 4.90 Å². The van der Waals surface area contributed by atoms with Crippen molar-refractivity contribution in [3.8, 4) is 0 Å². The summed E-state index contributed by atoms with van der Waals surface area (Å²) in [5, 5.41) is 0. The first-order valence-electron chi connectivity index (χ1n) is 5.69. The van der Waals surface area contributed by atoms with Crippen LogP contribution in [0.3, 0.4) is 0 Å². The van der Waals surface area contributed by atoms with Gasteiger partial charge < -0.3 is 0 Å². The smallest absolute Gasteiger partial charge is 0.0404 e. The molecular weight excluding hydrogens is 194 g/mol. The molecule has 14 heavy (non-hydrogen) atoms. The molecule has 1 rings (SSSR count). The minimum Gasteiger partial charge on any atom is -0.297 e. The van der Waals surface area contributed by atoms with Crippen molar-refractivity contribution in [2.24, 2.45) is 5.92 Å². The molecule has 0 amide bonds. The Kier molecular flexibility index (Phi) is 5.57. The van der Waals surface area contributed by atoms with Crippen molar-refractivity contribution in [3.63, 3.8) is 0 Å². The van der Waals surface area contributed by atoms with Gasteiger partial charge in [0.05, 0.1) is 0 Å². The maximum Gasteiger partial charge on any atom is 0.0404 e. The minimum atomic E-state index is 0.642. The second-order valence-corrected chi connectivity index (χ2v) is 4.84. The number of alkyl halides is 1. The fourth-order valence-corrected chi connectivity index (χ4v) is 1.69. The summed E-state index contributed by atoms with van der Waals surface area (Å²) >= 11 is 5.60. The highest BCUT2D eigenvalue weighted by Crippen LogP contribution is 2.27. The Labute approximate surface area is 93.1 Å². The highest BCUT2D eigenvalue weighted by molar-refractivity contribution is 6.18. The molecule has 1 aliphatic carbocycles. The van der Waals surface area contributed by atoms with Gasteiger partial charge in [-0.2, -0.15) is 0 Å². The van der Waals surface area contributed by atoms with Crippen LogP contribution in [0.15, 0.2) is 12.2 Å². The van der Waals surface area contributed by atoms with Gasteiger partial charge in [0, 0.05) is 18.5 Å². The van der Waals surface area contributed by atoms with Crippen molar-refractivity contribution >= 4 is 11.6 Å². The lowest BCUT2D eigenvalue weighted by Gasteiger charge is -2.21. The van der Waals surface area contributed by atoms with Crippen molar-refractivity contribution in [1.82, 2.24) is 4.90 Å². The van der Waals surface area contributed by atoms with E-state index in [1.165, 1.54) is 25.8 Å². The topological polar surface area (TPSA) is 3.24 Å². The predicted octanol–water partition coefficient (Wildman–Crippen LogP) is 3.29. The number of hydrogen-bond donors (Lipinski definition) is 0. The SMILES string of the molecule is CC(C)CCN(C/C=C/CCl)C1CC1. The van der Waals surface area contributed by atoms with E-state index in [-0.39, 0.29) is 0 Å². The molecule has 1 aliphatic rings. The van der Waals surface area contributed by atoms with Gasteiger partial charge in [-0.15, -0.1) is 11.6 Å². The molecule has 0 aromatic heterocycles. The first kappa shape index (κ1) is 12.1. The molecule has 1 saturated carbocycles. The van der Waals surface area contributed by atoms with Gasteiger partial charge in [0.2, 0.25) is 0 Å². The van der Waals surface area contributed by atoms with E-state index in [1.807, 2.05) is 6.08 Å². The molecule has 0 saturated heterocycles. The van der Waals surface area contributed by atoms with E-state index >= 15 is 0 Å². The largest absolute Gasteiger partial charge is 0.297 e. The molecule has 2 heteroatoms. The van der Waals surface area contributed by atoms with Crippen LogP contribution in [0.1, 0.15) is 33.1 Å². The molecule has 0 heterocycles. The van der Waals surface area contributed by atoms with Gasteiger partial charge >= 0.3 is 0 Å². The molecule has 0 aromatic carbocycles. The van der Waals surface area contributed by atoms with Crippen molar-refractivity contribution in [2.45, 2.75) is 39.2 Å². The van der Waals surface area contributed by atoms with E-state index in [1.54, 1.807) is 0 Å². The second-order valence-electron chi connectivity index (χ2n) is 4.53. The number of halogens is 1. The Balaban J connectivity index is 2.20. The minimum absolute atomic E-state index is 0.642. The Bertz CT molecular complexity index is 173. The van der Waals surface area contributed by atoms with Crippen LogP contribution in [0.4, 0.5) is 0 Å². The van der Waals surface area contributed by atoms with Crippen molar-refractivity contribution in [1.29, 1.82) is 0 Å². The lowest BCUT2D eigenvalue weighted by Crippen LogP contribution is -2.28. The molecular formula is C12H22ClN. The summed E-state index contributed by atoms with van der Waals surface area (Å²) in [5.41, 5.74) is 0. The Morgan fingerprint density at radius 2 is 2.07 bits per heavy atom. The second kappa shape index (κ2) is 6.47.